The summed E-state index contributed by atoms with van der Waals surface area (Å²) in [5.74, 6) is -0.0401. The van der Waals surface area contributed by atoms with E-state index in [1.807, 2.05) is 0 Å². The fourth-order valence-corrected chi connectivity index (χ4v) is 1.67. The summed E-state index contributed by atoms with van der Waals surface area (Å²) in [4.78, 5) is 32.7. The van der Waals surface area contributed by atoms with Gasteiger partial charge in [-0.25, -0.2) is 4.79 Å². The molecule has 0 spiro atoms. The Hall–Kier alpha value is -2.59. The van der Waals surface area contributed by atoms with Crippen LogP contribution in [0.25, 0.3) is 0 Å². The zero-order valence-electron chi connectivity index (χ0n) is 10.00. The maximum Gasteiger partial charge on any atom is 0.327 e. The van der Waals surface area contributed by atoms with Crippen LogP contribution in [0.15, 0.2) is 18.2 Å². The average Bonchev–Trinajstić information content (AvgIpc) is 2.37. The van der Waals surface area contributed by atoms with Gasteiger partial charge in [-0.2, -0.15) is 0 Å². The number of nitrogens with zero attached hydrogens (tertiary/aromatic N) is 1. The maximum atomic E-state index is 11.9. The number of carbonyl (C=O) groups is 2. The molecule has 7 nitrogen and oxygen atoms in total. The maximum absolute atomic E-state index is 11.9. The molecule has 1 unspecified atom stereocenters. The molecule has 0 aliphatic carbocycles. The van der Waals surface area contributed by atoms with Gasteiger partial charge in [0.05, 0.1) is 10.5 Å². The van der Waals surface area contributed by atoms with Crippen LogP contribution in [0.2, 0.25) is 5.02 Å². The Balaban J connectivity index is 3.04. The molecule has 1 amide bonds. The van der Waals surface area contributed by atoms with Gasteiger partial charge in [0.15, 0.2) is 0 Å². The number of amides is 1. The molecule has 0 heterocycles. The van der Waals surface area contributed by atoms with Crippen molar-refractivity contribution in [3.63, 3.8) is 0 Å². The number of halogens is 1. The van der Waals surface area contributed by atoms with E-state index in [0.717, 1.165) is 6.07 Å². The van der Waals surface area contributed by atoms with Crippen LogP contribution >= 0.6 is 11.6 Å². The molecule has 0 saturated heterocycles. The van der Waals surface area contributed by atoms with Crippen LogP contribution in [-0.4, -0.2) is 27.9 Å². The van der Waals surface area contributed by atoms with Crippen molar-refractivity contribution in [3.8, 4) is 12.3 Å². The van der Waals surface area contributed by atoms with E-state index >= 15 is 0 Å². The van der Waals surface area contributed by atoms with E-state index < -0.39 is 28.5 Å². The highest BCUT2D eigenvalue weighted by Gasteiger charge is 2.24. The molecule has 0 aromatic heterocycles. The third-order valence-corrected chi connectivity index (χ3v) is 2.74. The molecule has 1 aromatic rings. The lowest BCUT2D eigenvalue weighted by atomic mass is 10.1. The molecule has 1 aromatic carbocycles. The first-order valence-corrected chi connectivity index (χ1v) is 5.66. The molecule has 0 bridgehead atoms. The Labute approximate surface area is 118 Å². The molecule has 20 heavy (non-hydrogen) atoms. The second-order valence-corrected chi connectivity index (χ2v) is 4.05. The van der Waals surface area contributed by atoms with E-state index in [4.69, 9.17) is 23.1 Å². The van der Waals surface area contributed by atoms with Gasteiger partial charge in [0, 0.05) is 12.5 Å². The van der Waals surface area contributed by atoms with Crippen molar-refractivity contribution < 1.29 is 19.6 Å². The van der Waals surface area contributed by atoms with Crippen LogP contribution < -0.4 is 5.32 Å². The highest BCUT2D eigenvalue weighted by Crippen LogP contribution is 2.27. The summed E-state index contributed by atoms with van der Waals surface area (Å²) >= 11 is 5.75. The fourth-order valence-electron chi connectivity index (χ4n) is 1.39. The van der Waals surface area contributed by atoms with E-state index in [2.05, 4.69) is 11.2 Å². The predicted octanol–water partition coefficient (Wildman–Crippen LogP) is 1.45. The van der Waals surface area contributed by atoms with Gasteiger partial charge in [-0.1, -0.05) is 17.7 Å². The summed E-state index contributed by atoms with van der Waals surface area (Å²) in [6.07, 6.45) is 4.78. The zero-order valence-corrected chi connectivity index (χ0v) is 10.8. The van der Waals surface area contributed by atoms with E-state index in [0.29, 0.717) is 0 Å². The Morgan fingerprint density at radius 1 is 1.55 bits per heavy atom. The topological polar surface area (TPSA) is 110 Å². The number of nitro groups is 1. The van der Waals surface area contributed by atoms with Crippen LogP contribution in [-0.2, 0) is 4.79 Å². The van der Waals surface area contributed by atoms with Crippen LogP contribution in [0.1, 0.15) is 16.8 Å². The van der Waals surface area contributed by atoms with Crippen molar-refractivity contribution in [2.45, 2.75) is 12.5 Å². The van der Waals surface area contributed by atoms with Crippen LogP contribution in [0.5, 0.6) is 0 Å². The van der Waals surface area contributed by atoms with Crippen molar-refractivity contribution in [2.24, 2.45) is 0 Å². The minimum Gasteiger partial charge on any atom is -0.480 e. The third-order valence-electron chi connectivity index (χ3n) is 2.35. The van der Waals surface area contributed by atoms with Crippen LogP contribution in [0.3, 0.4) is 0 Å². The number of benzene rings is 1. The lowest BCUT2D eigenvalue weighted by Gasteiger charge is -2.12. The van der Waals surface area contributed by atoms with Gasteiger partial charge in [0.2, 0.25) is 0 Å². The van der Waals surface area contributed by atoms with Gasteiger partial charge in [0.25, 0.3) is 11.6 Å². The van der Waals surface area contributed by atoms with Crippen LogP contribution in [0.4, 0.5) is 5.69 Å². The number of carbonyl (C=O) groups excluding carboxylic acids is 1. The van der Waals surface area contributed by atoms with Gasteiger partial charge in [-0.05, 0) is 6.07 Å². The van der Waals surface area contributed by atoms with Gasteiger partial charge in [-0.15, -0.1) is 12.3 Å². The average molecular weight is 297 g/mol. The SMILES string of the molecule is C#CCC(NC(=O)c1cccc([N+](=O)[O-])c1Cl)C(=O)O. The fraction of sp³-hybridized carbons (Fsp3) is 0.167. The lowest BCUT2D eigenvalue weighted by molar-refractivity contribution is -0.384. The lowest BCUT2D eigenvalue weighted by Crippen LogP contribution is -2.40. The van der Waals surface area contributed by atoms with Crippen molar-refractivity contribution in [3.05, 3.63) is 38.9 Å². The van der Waals surface area contributed by atoms with Crippen LogP contribution in [0, 0.1) is 22.5 Å². The molecule has 0 saturated carbocycles. The zero-order chi connectivity index (χ0) is 15.3. The Bertz CT molecular complexity index is 608. The van der Waals surface area contributed by atoms with Crippen molar-refractivity contribution >= 4 is 29.2 Å². The Morgan fingerprint density at radius 3 is 2.70 bits per heavy atom. The minimum atomic E-state index is -1.31. The first kappa shape index (κ1) is 15.5. The molecule has 0 radical (unpaired) electrons. The van der Waals surface area contributed by atoms with E-state index in [1.165, 1.54) is 12.1 Å². The third kappa shape index (κ3) is 3.46. The van der Waals surface area contributed by atoms with Crippen molar-refractivity contribution in [1.29, 1.82) is 0 Å². The first-order valence-electron chi connectivity index (χ1n) is 5.28. The summed E-state index contributed by atoms with van der Waals surface area (Å²) in [6.45, 7) is 0. The van der Waals surface area contributed by atoms with Gasteiger partial charge >= 0.3 is 5.97 Å². The molecular formula is C12H9ClN2O5. The number of nitrogens with one attached hydrogen (secondary N) is 1. The summed E-state index contributed by atoms with van der Waals surface area (Å²) in [7, 11) is 0. The highest BCUT2D eigenvalue weighted by molar-refractivity contribution is 6.35. The first-order chi connectivity index (χ1) is 9.38. The molecule has 1 atom stereocenters. The number of hydrogen-bond donors (Lipinski definition) is 2. The number of aliphatic carboxylic acids is 1. The van der Waals surface area contributed by atoms with E-state index in [-0.39, 0.29) is 17.0 Å². The monoisotopic (exact) mass is 296 g/mol. The smallest absolute Gasteiger partial charge is 0.327 e. The molecule has 8 heteroatoms. The number of hydrogen-bond acceptors (Lipinski definition) is 4. The van der Waals surface area contributed by atoms with E-state index in [1.54, 1.807) is 0 Å². The van der Waals surface area contributed by atoms with Gasteiger partial charge in [-0.3, -0.25) is 14.9 Å². The quantitative estimate of drug-likeness (QED) is 0.485. The minimum absolute atomic E-state index is 0.191. The number of nitro benzene ring substituents is 1. The summed E-state index contributed by atoms with van der Waals surface area (Å²) in [5, 5.41) is 21.4. The van der Waals surface area contributed by atoms with Crippen molar-refractivity contribution in [2.75, 3.05) is 0 Å². The predicted molar refractivity (Wildman–Crippen MR) is 70.4 cm³/mol. The largest absolute Gasteiger partial charge is 0.480 e. The molecule has 2 N–H and O–H groups in total. The van der Waals surface area contributed by atoms with Gasteiger partial charge < -0.3 is 10.4 Å². The molecule has 0 aliphatic heterocycles. The van der Waals surface area contributed by atoms with Gasteiger partial charge in [0.1, 0.15) is 11.1 Å². The number of terminal acetylenes is 1. The highest BCUT2D eigenvalue weighted by atomic mass is 35.5. The normalized spacial score (nSPS) is 11.2. The summed E-state index contributed by atoms with van der Waals surface area (Å²) in [6, 6.07) is 2.37. The second-order valence-electron chi connectivity index (χ2n) is 3.67. The molecular weight excluding hydrogens is 288 g/mol. The Morgan fingerprint density at radius 2 is 2.20 bits per heavy atom. The van der Waals surface area contributed by atoms with Crippen molar-refractivity contribution in [1.82, 2.24) is 5.32 Å². The summed E-state index contributed by atoms with van der Waals surface area (Å²) < 4.78 is 0. The van der Waals surface area contributed by atoms with E-state index in [9.17, 15) is 19.7 Å². The molecule has 0 fully saturated rings. The molecule has 0 aliphatic rings. The molecule has 104 valence electrons. The number of carboxylic acids is 1. The Kier molecular flexibility index (Phi) is 5.06. The second kappa shape index (κ2) is 6.54. The standard InChI is InChI=1S/C12H9ClN2O5/c1-2-4-8(12(17)18)14-11(16)7-5-3-6-9(10(7)13)15(19)20/h1,3,5-6,8H,4H2,(H,14,16)(H,17,18). The number of carboxylic acid groups (broad SMARTS) is 1. The summed E-state index contributed by atoms with van der Waals surface area (Å²) in [5.41, 5.74) is -0.632. The molecule has 1 rings (SSSR count). The number of rotatable bonds is 5.